The van der Waals surface area contributed by atoms with Crippen LogP contribution in [0, 0.1) is 0 Å². The molecule has 25 heavy (non-hydrogen) atoms. The van der Waals surface area contributed by atoms with Gasteiger partial charge in [0.1, 0.15) is 6.61 Å². The number of aliphatic hydroxyl groups excluding tert-OH is 1. The summed E-state index contributed by atoms with van der Waals surface area (Å²) in [6, 6.07) is 16.7. The molecule has 1 fully saturated rings. The van der Waals surface area contributed by atoms with Gasteiger partial charge in [-0.05, 0) is 42.0 Å². The number of benzene rings is 2. The van der Waals surface area contributed by atoms with Gasteiger partial charge in [-0.15, -0.1) is 0 Å². The Labute approximate surface area is 148 Å². The van der Waals surface area contributed by atoms with Crippen molar-refractivity contribution in [3.8, 4) is 11.1 Å². The highest BCUT2D eigenvalue weighted by Gasteiger charge is 2.32. The van der Waals surface area contributed by atoms with Gasteiger partial charge in [0.2, 0.25) is 0 Å². The summed E-state index contributed by atoms with van der Waals surface area (Å²) in [7, 11) is 0. The lowest BCUT2D eigenvalue weighted by atomic mass is 9.98. The fraction of sp³-hybridized carbons (Fsp3) is 0.381. The number of carbonyl (C=O) groups is 1. The Bertz CT molecular complexity index is 743. The van der Waals surface area contributed by atoms with Crippen LogP contribution >= 0.6 is 0 Å². The van der Waals surface area contributed by atoms with Gasteiger partial charge in [-0.2, -0.15) is 0 Å². The lowest BCUT2D eigenvalue weighted by Gasteiger charge is -2.35. The second-order valence-corrected chi connectivity index (χ2v) is 7.04. The van der Waals surface area contributed by atoms with Gasteiger partial charge in [0.15, 0.2) is 0 Å². The van der Waals surface area contributed by atoms with Crippen LogP contribution in [0.1, 0.15) is 36.8 Å². The summed E-state index contributed by atoms with van der Waals surface area (Å²) in [5, 5.41) is 9.84. The molecule has 2 aromatic carbocycles. The summed E-state index contributed by atoms with van der Waals surface area (Å²) in [6.45, 7) is 2.69. The Hall–Kier alpha value is -2.33. The molecule has 2 aromatic rings. The van der Waals surface area contributed by atoms with E-state index in [-0.39, 0.29) is 18.1 Å². The Morgan fingerprint density at radius 3 is 2.32 bits per heavy atom. The lowest BCUT2D eigenvalue weighted by Crippen LogP contribution is -2.47. The predicted molar refractivity (Wildman–Crippen MR) is 96.5 cm³/mol. The maximum atomic E-state index is 12.5. The van der Waals surface area contributed by atoms with Gasteiger partial charge >= 0.3 is 6.09 Å². The van der Waals surface area contributed by atoms with Gasteiger partial charge in [0.25, 0.3) is 0 Å². The minimum absolute atomic E-state index is 0.0707. The predicted octanol–water partition coefficient (Wildman–Crippen LogP) is 3.78. The lowest BCUT2D eigenvalue weighted by molar-refractivity contribution is 0.0266. The number of carbonyl (C=O) groups excluding carboxylic acids is 1. The molecule has 1 N–H and O–H groups in total. The van der Waals surface area contributed by atoms with Crippen molar-refractivity contribution in [2.75, 3.05) is 13.2 Å². The molecule has 1 heterocycles. The first kappa shape index (κ1) is 16.2. The molecule has 0 bridgehead atoms. The normalized spacial score (nSPS) is 22.4. The third-order valence-electron chi connectivity index (χ3n) is 5.43. The van der Waals surface area contributed by atoms with Gasteiger partial charge in [-0.1, -0.05) is 48.5 Å². The van der Waals surface area contributed by atoms with E-state index < -0.39 is 6.10 Å². The van der Waals surface area contributed by atoms with E-state index in [0.717, 1.165) is 12.8 Å². The average molecular weight is 337 g/mol. The minimum atomic E-state index is -0.448. The molecule has 4 rings (SSSR count). The number of β-amino-alcohol motifs (C(OH)–C–C–N with tert-alkyl or cyclic N) is 1. The number of hydrogen-bond acceptors (Lipinski definition) is 3. The van der Waals surface area contributed by atoms with Crippen molar-refractivity contribution in [2.24, 2.45) is 0 Å². The van der Waals surface area contributed by atoms with Crippen LogP contribution in [0.25, 0.3) is 11.1 Å². The van der Waals surface area contributed by atoms with E-state index in [0.29, 0.717) is 13.2 Å². The van der Waals surface area contributed by atoms with Crippen LogP contribution in [0.4, 0.5) is 4.79 Å². The van der Waals surface area contributed by atoms with Gasteiger partial charge in [-0.3, -0.25) is 0 Å². The Kier molecular flexibility index (Phi) is 4.22. The summed E-state index contributed by atoms with van der Waals surface area (Å²) in [5.41, 5.74) is 4.87. The molecule has 2 aliphatic rings. The summed E-state index contributed by atoms with van der Waals surface area (Å²) in [5.74, 6) is 0.0707. The second kappa shape index (κ2) is 6.52. The Balaban J connectivity index is 1.52. The largest absolute Gasteiger partial charge is 0.448 e. The van der Waals surface area contributed by atoms with E-state index in [9.17, 15) is 9.90 Å². The zero-order valence-corrected chi connectivity index (χ0v) is 14.4. The zero-order chi connectivity index (χ0) is 17.4. The molecule has 1 aliphatic carbocycles. The summed E-state index contributed by atoms with van der Waals surface area (Å²) in [4.78, 5) is 14.2. The SMILES string of the molecule is C[C@H]1CC[C@@H](O)CN1C(=O)OCC1c2ccccc2-c2ccccc21. The third kappa shape index (κ3) is 2.91. The number of piperidine rings is 1. The number of hydrogen-bond donors (Lipinski definition) is 1. The van der Waals surface area contributed by atoms with Crippen molar-refractivity contribution in [1.29, 1.82) is 0 Å². The number of fused-ring (bicyclic) bond motifs is 3. The highest BCUT2D eigenvalue weighted by atomic mass is 16.6. The van der Waals surface area contributed by atoms with Crippen molar-refractivity contribution >= 4 is 6.09 Å². The van der Waals surface area contributed by atoms with Crippen LogP contribution in [0.5, 0.6) is 0 Å². The van der Waals surface area contributed by atoms with Crippen LogP contribution in [-0.2, 0) is 4.74 Å². The number of ether oxygens (including phenoxy) is 1. The molecule has 0 unspecified atom stereocenters. The Morgan fingerprint density at radius 1 is 1.08 bits per heavy atom. The molecule has 2 atom stereocenters. The molecule has 1 saturated heterocycles. The fourth-order valence-electron chi connectivity index (χ4n) is 4.02. The highest BCUT2D eigenvalue weighted by Crippen LogP contribution is 2.44. The van der Waals surface area contributed by atoms with E-state index in [1.807, 2.05) is 31.2 Å². The number of aliphatic hydroxyl groups is 1. The second-order valence-electron chi connectivity index (χ2n) is 7.04. The van der Waals surface area contributed by atoms with Crippen LogP contribution in [0.2, 0.25) is 0 Å². The van der Waals surface area contributed by atoms with Crippen molar-refractivity contribution < 1.29 is 14.6 Å². The molecule has 4 heteroatoms. The van der Waals surface area contributed by atoms with E-state index in [1.54, 1.807) is 4.90 Å². The summed E-state index contributed by atoms with van der Waals surface area (Å²) < 4.78 is 5.67. The zero-order valence-electron chi connectivity index (χ0n) is 14.4. The van der Waals surface area contributed by atoms with Crippen LogP contribution in [-0.4, -0.2) is 41.4 Å². The van der Waals surface area contributed by atoms with E-state index in [1.165, 1.54) is 22.3 Å². The standard InChI is InChI=1S/C21H23NO3/c1-14-10-11-15(23)12-22(14)21(24)25-13-20-18-8-4-2-6-16(18)17-7-3-5-9-19(17)20/h2-9,14-15,20,23H,10-13H2,1H3/t14-,15+/m0/s1. The van der Waals surface area contributed by atoms with Crippen molar-refractivity contribution in [3.63, 3.8) is 0 Å². The highest BCUT2D eigenvalue weighted by molar-refractivity contribution is 5.79. The monoisotopic (exact) mass is 337 g/mol. The third-order valence-corrected chi connectivity index (χ3v) is 5.43. The molecule has 0 saturated carbocycles. The topological polar surface area (TPSA) is 49.8 Å². The van der Waals surface area contributed by atoms with Crippen LogP contribution < -0.4 is 0 Å². The fourth-order valence-corrected chi connectivity index (χ4v) is 4.02. The molecule has 0 radical (unpaired) electrons. The van der Waals surface area contributed by atoms with Gasteiger partial charge in [0, 0.05) is 12.0 Å². The first-order valence-electron chi connectivity index (χ1n) is 8.95. The smallest absolute Gasteiger partial charge is 0.410 e. The number of nitrogens with zero attached hydrogens (tertiary/aromatic N) is 1. The van der Waals surface area contributed by atoms with Crippen LogP contribution in [0.3, 0.4) is 0 Å². The van der Waals surface area contributed by atoms with E-state index in [4.69, 9.17) is 4.74 Å². The first-order valence-corrected chi connectivity index (χ1v) is 8.95. The molecule has 4 nitrogen and oxygen atoms in total. The molecule has 1 amide bonds. The van der Waals surface area contributed by atoms with E-state index >= 15 is 0 Å². The number of likely N-dealkylation sites (tertiary alicyclic amines) is 1. The van der Waals surface area contributed by atoms with Crippen molar-refractivity contribution in [3.05, 3.63) is 59.7 Å². The number of amides is 1. The van der Waals surface area contributed by atoms with E-state index in [2.05, 4.69) is 24.3 Å². The first-order chi connectivity index (χ1) is 12.1. The molecular weight excluding hydrogens is 314 g/mol. The summed E-state index contributed by atoms with van der Waals surface area (Å²) in [6.07, 6.45) is 0.782. The minimum Gasteiger partial charge on any atom is -0.448 e. The van der Waals surface area contributed by atoms with Gasteiger partial charge < -0.3 is 14.7 Å². The Morgan fingerprint density at radius 2 is 1.68 bits per heavy atom. The van der Waals surface area contributed by atoms with Crippen molar-refractivity contribution in [2.45, 2.75) is 37.8 Å². The maximum Gasteiger partial charge on any atom is 0.410 e. The summed E-state index contributed by atoms with van der Waals surface area (Å²) >= 11 is 0. The quantitative estimate of drug-likeness (QED) is 0.907. The molecular formula is C21H23NO3. The molecule has 1 aliphatic heterocycles. The van der Waals surface area contributed by atoms with Gasteiger partial charge in [-0.25, -0.2) is 4.79 Å². The van der Waals surface area contributed by atoms with Crippen molar-refractivity contribution in [1.82, 2.24) is 4.90 Å². The average Bonchev–Trinajstić information content (AvgIpc) is 2.96. The van der Waals surface area contributed by atoms with Gasteiger partial charge in [0.05, 0.1) is 12.6 Å². The number of rotatable bonds is 2. The molecule has 0 spiro atoms. The van der Waals surface area contributed by atoms with Crippen LogP contribution in [0.15, 0.2) is 48.5 Å². The maximum absolute atomic E-state index is 12.5. The molecule has 130 valence electrons. The molecule has 0 aromatic heterocycles.